The molecule has 0 bridgehead atoms. The monoisotopic (exact) mass is 478 g/mol. The fraction of sp³-hybridized carbons (Fsp3) is 0.625. The Morgan fingerprint density at radius 3 is 2.26 bits per heavy atom. The summed E-state index contributed by atoms with van der Waals surface area (Å²) in [5.74, 6) is 2.54. The first kappa shape index (κ1) is 26.2. The summed E-state index contributed by atoms with van der Waals surface area (Å²) in [4.78, 5) is 0. The Hall–Kier alpha value is -1.84. The van der Waals surface area contributed by atoms with Crippen LogP contribution in [0.1, 0.15) is 131 Å². The van der Waals surface area contributed by atoms with Crippen LogP contribution in [0.15, 0.2) is 42.5 Å². The van der Waals surface area contributed by atoms with Crippen LogP contribution >= 0.6 is 0 Å². The molecule has 1 unspecified atom stereocenters. The van der Waals surface area contributed by atoms with Gasteiger partial charge in [0.25, 0.3) is 0 Å². The smallest absolute Gasteiger partial charge is 0.183 e. The van der Waals surface area contributed by atoms with Crippen molar-refractivity contribution in [2.45, 2.75) is 109 Å². The van der Waals surface area contributed by atoms with Gasteiger partial charge in [0.1, 0.15) is 5.75 Å². The van der Waals surface area contributed by atoms with E-state index < -0.39 is 0 Å². The molecule has 0 spiro atoms. The average molecular weight is 479 g/mol. The van der Waals surface area contributed by atoms with Gasteiger partial charge < -0.3 is 14.2 Å². The first-order valence-electron chi connectivity index (χ1n) is 14.3. The van der Waals surface area contributed by atoms with E-state index in [9.17, 15) is 0 Å². The van der Waals surface area contributed by atoms with E-state index in [1.54, 1.807) is 5.56 Å². The minimum absolute atomic E-state index is 0.289. The van der Waals surface area contributed by atoms with Crippen molar-refractivity contribution >= 4 is 0 Å². The number of hydrogen-bond acceptors (Lipinski definition) is 3. The molecular formula is C32H46O3. The molecule has 2 aromatic carbocycles. The lowest BCUT2D eigenvalue weighted by atomic mass is 9.78. The van der Waals surface area contributed by atoms with Crippen LogP contribution in [0.5, 0.6) is 5.75 Å². The molecule has 0 radical (unpaired) electrons. The normalized spacial score (nSPS) is 22.1. The summed E-state index contributed by atoms with van der Waals surface area (Å²) in [6, 6.07) is 15.5. The SMILES string of the molecule is CCCCCOc1ccc(C2OCC(c3ccc(C(C)CCC)cc3C3CCCCC3)CO2)cc1. The summed E-state index contributed by atoms with van der Waals surface area (Å²) in [6.45, 7) is 9.08. The van der Waals surface area contributed by atoms with Gasteiger partial charge in [-0.2, -0.15) is 0 Å². The summed E-state index contributed by atoms with van der Waals surface area (Å²) in [6.07, 6.45) is 12.5. The molecule has 2 fully saturated rings. The van der Waals surface area contributed by atoms with Gasteiger partial charge in [-0.25, -0.2) is 0 Å². The zero-order valence-corrected chi connectivity index (χ0v) is 22.3. The Balaban J connectivity index is 1.40. The van der Waals surface area contributed by atoms with E-state index in [1.807, 2.05) is 12.1 Å². The largest absolute Gasteiger partial charge is 0.494 e. The van der Waals surface area contributed by atoms with Crippen LogP contribution in [-0.2, 0) is 9.47 Å². The molecule has 1 aliphatic heterocycles. The van der Waals surface area contributed by atoms with Crippen LogP contribution in [-0.4, -0.2) is 19.8 Å². The van der Waals surface area contributed by atoms with Crippen LogP contribution in [0, 0.1) is 0 Å². The van der Waals surface area contributed by atoms with Crippen molar-refractivity contribution in [3.63, 3.8) is 0 Å². The second kappa shape index (κ2) is 13.5. The van der Waals surface area contributed by atoms with Gasteiger partial charge in [-0.3, -0.25) is 0 Å². The molecule has 1 saturated heterocycles. The molecule has 1 heterocycles. The fourth-order valence-electron chi connectivity index (χ4n) is 5.78. The van der Waals surface area contributed by atoms with Crippen LogP contribution in [0.4, 0.5) is 0 Å². The van der Waals surface area contributed by atoms with E-state index in [1.165, 1.54) is 68.9 Å². The minimum atomic E-state index is -0.289. The predicted molar refractivity (Wildman–Crippen MR) is 144 cm³/mol. The molecule has 0 aromatic heterocycles. The van der Waals surface area contributed by atoms with Crippen molar-refractivity contribution in [2.24, 2.45) is 0 Å². The molecule has 2 aromatic rings. The maximum Gasteiger partial charge on any atom is 0.183 e. The number of rotatable bonds is 11. The van der Waals surface area contributed by atoms with Crippen molar-refractivity contribution in [3.8, 4) is 5.75 Å². The lowest BCUT2D eigenvalue weighted by Gasteiger charge is -2.33. The number of benzene rings is 2. The molecule has 1 atom stereocenters. The van der Waals surface area contributed by atoms with Crippen molar-refractivity contribution < 1.29 is 14.2 Å². The summed E-state index contributed by atoms with van der Waals surface area (Å²) in [5.41, 5.74) is 5.60. The van der Waals surface area contributed by atoms with Gasteiger partial charge >= 0.3 is 0 Å². The van der Waals surface area contributed by atoms with Crippen LogP contribution < -0.4 is 4.74 Å². The number of unbranched alkanes of at least 4 members (excludes halogenated alkanes) is 2. The molecule has 2 aliphatic rings. The molecule has 1 aliphatic carbocycles. The molecule has 3 nitrogen and oxygen atoms in total. The fourth-order valence-corrected chi connectivity index (χ4v) is 5.78. The van der Waals surface area contributed by atoms with Crippen LogP contribution in [0.25, 0.3) is 0 Å². The van der Waals surface area contributed by atoms with E-state index in [2.05, 4.69) is 51.1 Å². The van der Waals surface area contributed by atoms with Gasteiger partial charge in [0.2, 0.25) is 0 Å². The van der Waals surface area contributed by atoms with Gasteiger partial charge in [0, 0.05) is 11.5 Å². The summed E-state index contributed by atoms with van der Waals surface area (Å²) < 4.78 is 18.4. The Kier molecular flexibility index (Phi) is 10.1. The highest BCUT2D eigenvalue weighted by Crippen LogP contribution is 2.40. The first-order valence-corrected chi connectivity index (χ1v) is 14.3. The highest BCUT2D eigenvalue weighted by Gasteiger charge is 2.29. The third-order valence-electron chi connectivity index (χ3n) is 7.95. The van der Waals surface area contributed by atoms with E-state index in [0.29, 0.717) is 31.0 Å². The first-order chi connectivity index (χ1) is 17.2. The molecule has 1 saturated carbocycles. The standard InChI is InChI=1S/C32H46O3/c1-4-6-10-20-33-29-17-14-26(15-18-29)32-34-22-28(23-35-32)30-19-16-27(24(3)11-5-2)21-31(30)25-12-8-7-9-13-25/h14-19,21,24-25,28,32H,4-13,20,22-23H2,1-3H3. The number of hydrogen-bond donors (Lipinski definition) is 0. The van der Waals surface area contributed by atoms with Crippen LogP contribution in [0.3, 0.4) is 0 Å². The van der Waals surface area contributed by atoms with E-state index >= 15 is 0 Å². The Morgan fingerprint density at radius 2 is 1.57 bits per heavy atom. The molecule has 0 N–H and O–H groups in total. The predicted octanol–water partition coefficient (Wildman–Crippen LogP) is 9.04. The second-order valence-electron chi connectivity index (χ2n) is 10.7. The van der Waals surface area contributed by atoms with Crippen LogP contribution in [0.2, 0.25) is 0 Å². The van der Waals surface area contributed by atoms with Gasteiger partial charge in [0.05, 0.1) is 19.8 Å². The zero-order valence-electron chi connectivity index (χ0n) is 22.3. The van der Waals surface area contributed by atoms with Crippen molar-refractivity contribution in [3.05, 3.63) is 64.7 Å². The average Bonchev–Trinajstić information content (AvgIpc) is 2.92. The molecule has 35 heavy (non-hydrogen) atoms. The lowest BCUT2D eigenvalue weighted by molar-refractivity contribution is -0.191. The highest BCUT2D eigenvalue weighted by atomic mass is 16.7. The van der Waals surface area contributed by atoms with E-state index in [-0.39, 0.29) is 6.29 Å². The Morgan fingerprint density at radius 1 is 0.829 bits per heavy atom. The quantitative estimate of drug-likeness (QED) is 0.301. The third kappa shape index (κ3) is 7.11. The molecule has 3 heteroatoms. The lowest BCUT2D eigenvalue weighted by Crippen LogP contribution is -2.27. The maximum atomic E-state index is 6.28. The zero-order chi connectivity index (χ0) is 24.5. The van der Waals surface area contributed by atoms with Gasteiger partial charge in [-0.15, -0.1) is 0 Å². The van der Waals surface area contributed by atoms with E-state index in [0.717, 1.165) is 24.3 Å². The highest BCUT2D eigenvalue weighted by molar-refractivity contribution is 5.39. The second-order valence-corrected chi connectivity index (χ2v) is 10.7. The van der Waals surface area contributed by atoms with Gasteiger partial charge in [0.15, 0.2) is 6.29 Å². The minimum Gasteiger partial charge on any atom is -0.494 e. The topological polar surface area (TPSA) is 27.7 Å². The molecule has 4 rings (SSSR count). The number of ether oxygens (including phenoxy) is 3. The maximum absolute atomic E-state index is 6.28. The van der Waals surface area contributed by atoms with E-state index in [4.69, 9.17) is 14.2 Å². The summed E-state index contributed by atoms with van der Waals surface area (Å²) >= 11 is 0. The molecule has 192 valence electrons. The van der Waals surface area contributed by atoms with Crippen molar-refractivity contribution in [1.29, 1.82) is 0 Å². The third-order valence-corrected chi connectivity index (χ3v) is 7.95. The molecule has 0 amide bonds. The summed E-state index contributed by atoms with van der Waals surface area (Å²) in [7, 11) is 0. The van der Waals surface area contributed by atoms with Crippen molar-refractivity contribution in [1.82, 2.24) is 0 Å². The Bertz CT molecular complexity index is 876. The van der Waals surface area contributed by atoms with Crippen molar-refractivity contribution in [2.75, 3.05) is 19.8 Å². The molecular weight excluding hydrogens is 432 g/mol. The van der Waals surface area contributed by atoms with Gasteiger partial charge in [-0.05, 0) is 66.3 Å². The van der Waals surface area contributed by atoms with Gasteiger partial charge in [-0.1, -0.05) is 89.6 Å². The Labute approximate surface area is 213 Å². The summed E-state index contributed by atoms with van der Waals surface area (Å²) in [5, 5.41) is 0.